The number of aliphatic hydroxyl groups excluding tert-OH is 9. The number of benzene rings is 2. The number of hydrogen-bond donors (Lipinski definition) is 9. The lowest BCUT2D eigenvalue weighted by Crippen LogP contribution is -2.60. The molecular weight excluding hydrogens is 640 g/mol. The van der Waals surface area contributed by atoms with Crippen molar-refractivity contribution in [1.82, 2.24) is 0 Å². The van der Waals surface area contributed by atoms with E-state index in [-0.39, 0.29) is 24.7 Å². The van der Waals surface area contributed by atoms with E-state index in [4.69, 9.17) is 33.2 Å². The normalized spacial score (nSPS) is 34.9. The number of ether oxygens (including phenoxy) is 7. The van der Waals surface area contributed by atoms with E-state index in [0.717, 1.165) is 0 Å². The average molecular weight is 683 g/mol. The molecule has 0 radical (unpaired) electrons. The van der Waals surface area contributed by atoms with Gasteiger partial charge in [-0.25, -0.2) is 0 Å². The lowest BCUT2D eigenvalue weighted by atomic mass is 9.90. The van der Waals surface area contributed by atoms with Crippen LogP contribution in [0.15, 0.2) is 36.4 Å². The highest BCUT2D eigenvalue weighted by Crippen LogP contribution is 2.51. The van der Waals surface area contributed by atoms with Crippen LogP contribution in [0.25, 0.3) is 6.08 Å². The Morgan fingerprint density at radius 2 is 1.31 bits per heavy atom. The molecule has 9 N–H and O–H groups in total. The topological polar surface area (TPSA) is 247 Å². The van der Waals surface area contributed by atoms with E-state index >= 15 is 0 Å². The van der Waals surface area contributed by atoms with Gasteiger partial charge >= 0.3 is 0 Å². The van der Waals surface area contributed by atoms with Crippen molar-refractivity contribution in [3.8, 4) is 23.0 Å². The average Bonchev–Trinajstić information content (AvgIpc) is 3.48. The molecule has 2 aromatic rings. The van der Waals surface area contributed by atoms with Crippen LogP contribution in [0.2, 0.25) is 0 Å². The molecule has 16 nitrogen and oxygen atoms in total. The second-order valence-corrected chi connectivity index (χ2v) is 11.6. The van der Waals surface area contributed by atoms with Crippen molar-refractivity contribution in [3.05, 3.63) is 53.1 Å². The van der Waals surface area contributed by atoms with Crippen LogP contribution < -0.4 is 18.9 Å². The minimum absolute atomic E-state index is 0.0536. The summed E-state index contributed by atoms with van der Waals surface area (Å²) in [6.07, 6.45) is -11.6. The van der Waals surface area contributed by atoms with E-state index in [1.54, 1.807) is 30.4 Å². The molecule has 266 valence electrons. The van der Waals surface area contributed by atoms with Crippen molar-refractivity contribution in [1.29, 1.82) is 0 Å². The van der Waals surface area contributed by atoms with Crippen LogP contribution in [-0.4, -0.2) is 148 Å². The standard InChI is InChI=1S/C32H42O16/c1-42-19-10-15(5-6-18(19)45-32-28(41)26(39)24(37)22(13-35)47-32)29-17(11-33)16-8-14(9-20(43-2)30(16)48-29)4-3-7-44-31-27(40)25(38)23(36)21(12-34)46-31/h3-6,8-10,17,21-29,31-41H,7,11-13H2,1-2H3/t17-,21+,22+,23-,24-,25-,26-,27+,28+,29-,31-,32-/m0/s1. The molecule has 2 aromatic carbocycles. The van der Waals surface area contributed by atoms with E-state index < -0.39 is 86.6 Å². The largest absolute Gasteiger partial charge is 0.493 e. The Labute approximate surface area is 275 Å². The molecule has 0 bridgehead atoms. The van der Waals surface area contributed by atoms with Gasteiger partial charge in [-0.05, 0) is 35.4 Å². The molecule has 0 spiro atoms. The summed E-state index contributed by atoms with van der Waals surface area (Å²) < 4.78 is 39.5. The monoisotopic (exact) mass is 682 g/mol. The maximum atomic E-state index is 10.5. The zero-order valence-electron chi connectivity index (χ0n) is 26.2. The Kier molecular flexibility index (Phi) is 11.8. The third kappa shape index (κ3) is 7.11. The summed E-state index contributed by atoms with van der Waals surface area (Å²) in [5.74, 6) is 0.650. The van der Waals surface area contributed by atoms with Gasteiger partial charge in [-0.3, -0.25) is 0 Å². The number of rotatable bonds is 12. The minimum atomic E-state index is -1.62. The first-order valence-corrected chi connectivity index (χ1v) is 15.3. The summed E-state index contributed by atoms with van der Waals surface area (Å²) in [6.45, 7) is -1.53. The fraction of sp³-hybridized carbons (Fsp3) is 0.562. The van der Waals surface area contributed by atoms with Gasteiger partial charge in [0.05, 0.1) is 46.6 Å². The quantitative estimate of drug-likeness (QED) is 0.117. The minimum Gasteiger partial charge on any atom is -0.493 e. The number of methoxy groups -OCH3 is 2. The molecule has 2 saturated heterocycles. The highest BCUT2D eigenvalue weighted by molar-refractivity contribution is 5.62. The van der Waals surface area contributed by atoms with Crippen molar-refractivity contribution in [2.45, 2.75) is 73.4 Å². The fourth-order valence-electron chi connectivity index (χ4n) is 5.95. The maximum absolute atomic E-state index is 10.5. The van der Waals surface area contributed by atoms with Crippen LogP contribution in [0.1, 0.15) is 28.7 Å². The summed E-state index contributed by atoms with van der Waals surface area (Å²) >= 11 is 0. The van der Waals surface area contributed by atoms with Gasteiger partial charge in [-0.1, -0.05) is 18.2 Å². The van der Waals surface area contributed by atoms with Crippen LogP contribution in [0.5, 0.6) is 23.0 Å². The van der Waals surface area contributed by atoms with Gasteiger partial charge in [0, 0.05) is 5.56 Å². The molecule has 0 aliphatic carbocycles. The predicted octanol–water partition coefficient (Wildman–Crippen LogP) is -2.08. The summed E-state index contributed by atoms with van der Waals surface area (Å²) in [4.78, 5) is 0. The molecule has 16 heteroatoms. The van der Waals surface area contributed by atoms with E-state index in [1.807, 2.05) is 6.07 Å². The van der Waals surface area contributed by atoms with Crippen LogP contribution in [0.3, 0.4) is 0 Å². The van der Waals surface area contributed by atoms with E-state index in [9.17, 15) is 46.0 Å². The van der Waals surface area contributed by atoms with E-state index in [2.05, 4.69) is 0 Å². The van der Waals surface area contributed by atoms with Gasteiger partial charge in [-0.2, -0.15) is 0 Å². The summed E-state index contributed by atoms with van der Waals surface area (Å²) in [5, 5.41) is 90.0. The molecule has 2 fully saturated rings. The lowest BCUT2D eigenvalue weighted by Gasteiger charge is -2.39. The summed E-state index contributed by atoms with van der Waals surface area (Å²) in [5.41, 5.74) is 1.94. The summed E-state index contributed by atoms with van der Waals surface area (Å²) in [7, 11) is 2.88. The fourth-order valence-corrected chi connectivity index (χ4v) is 5.95. The van der Waals surface area contributed by atoms with Crippen LogP contribution in [0.4, 0.5) is 0 Å². The number of aliphatic hydroxyl groups is 9. The van der Waals surface area contributed by atoms with Gasteiger partial charge in [-0.15, -0.1) is 0 Å². The third-order valence-corrected chi connectivity index (χ3v) is 8.66. The maximum Gasteiger partial charge on any atom is 0.229 e. The Bertz CT molecular complexity index is 1400. The van der Waals surface area contributed by atoms with Crippen molar-refractivity contribution in [2.75, 3.05) is 40.6 Å². The van der Waals surface area contributed by atoms with E-state index in [0.29, 0.717) is 28.2 Å². The van der Waals surface area contributed by atoms with Gasteiger partial charge in [0.1, 0.15) is 54.9 Å². The highest BCUT2D eigenvalue weighted by atomic mass is 16.7. The molecule has 3 aliphatic heterocycles. The molecule has 0 unspecified atom stereocenters. The third-order valence-electron chi connectivity index (χ3n) is 8.66. The molecule has 48 heavy (non-hydrogen) atoms. The van der Waals surface area contributed by atoms with Gasteiger partial charge < -0.3 is 79.1 Å². The lowest BCUT2D eigenvalue weighted by molar-refractivity contribution is -0.298. The molecule has 0 aromatic heterocycles. The van der Waals surface area contributed by atoms with Crippen molar-refractivity contribution in [3.63, 3.8) is 0 Å². The van der Waals surface area contributed by atoms with Crippen LogP contribution >= 0.6 is 0 Å². The van der Waals surface area contributed by atoms with Crippen LogP contribution in [0, 0.1) is 0 Å². The Balaban J connectivity index is 1.30. The smallest absolute Gasteiger partial charge is 0.229 e. The molecular formula is C32H42O16. The first-order chi connectivity index (χ1) is 23.1. The number of fused-ring (bicyclic) bond motifs is 1. The number of hydrogen-bond acceptors (Lipinski definition) is 16. The molecule has 0 amide bonds. The molecule has 3 aliphatic rings. The van der Waals surface area contributed by atoms with Gasteiger partial charge in [0.15, 0.2) is 29.3 Å². The molecule has 5 rings (SSSR count). The predicted molar refractivity (Wildman–Crippen MR) is 162 cm³/mol. The van der Waals surface area contributed by atoms with Gasteiger partial charge in [0.2, 0.25) is 6.29 Å². The highest BCUT2D eigenvalue weighted by Gasteiger charge is 2.46. The van der Waals surface area contributed by atoms with Crippen molar-refractivity contribution < 1.29 is 79.1 Å². The van der Waals surface area contributed by atoms with Gasteiger partial charge in [0.25, 0.3) is 0 Å². The second kappa shape index (κ2) is 15.6. The second-order valence-electron chi connectivity index (χ2n) is 11.6. The molecule has 0 saturated carbocycles. The van der Waals surface area contributed by atoms with Crippen molar-refractivity contribution >= 4 is 6.08 Å². The summed E-state index contributed by atoms with van der Waals surface area (Å²) in [6, 6.07) is 8.37. The Hall–Kier alpha value is -3.10. The zero-order valence-corrected chi connectivity index (χ0v) is 26.2. The first-order valence-electron chi connectivity index (χ1n) is 15.3. The van der Waals surface area contributed by atoms with E-state index in [1.165, 1.54) is 20.3 Å². The Morgan fingerprint density at radius 3 is 1.92 bits per heavy atom. The van der Waals surface area contributed by atoms with Crippen molar-refractivity contribution in [2.24, 2.45) is 0 Å². The molecule has 3 heterocycles. The SMILES string of the molecule is COc1cc([C@@H]2Oc3c(OC)cc(C=CCO[C@H]4O[C@H](CO)[C@H](O)[C@H](O)[C@H]4O)cc3[C@@H]2CO)ccc1O[C@H]1O[C@H](CO)[C@H](O)[C@H](O)[C@H]1O. The van der Waals surface area contributed by atoms with Crippen LogP contribution in [-0.2, 0) is 14.2 Å². The Morgan fingerprint density at radius 1 is 0.688 bits per heavy atom. The first kappa shape index (κ1) is 36.2. The molecule has 12 atom stereocenters. The zero-order chi connectivity index (χ0) is 34.7.